The number of ether oxygens (including phenoxy) is 1. The lowest BCUT2D eigenvalue weighted by atomic mass is 10.3. The fraction of sp³-hybridized carbons (Fsp3) is 0.154. The molecule has 0 bridgehead atoms. The number of benzene rings is 1. The number of hydrogen-bond donors (Lipinski definition) is 1. The number of para-hydroxylation sites is 1. The van der Waals surface area contributed by atoms with Gasteiger partial charge in [-0.2, -0.15) is 0 Å². The van der Waals surface area contributed by atoms with Crippen molar-refractivity contribution >= 4 is 11.8 Å². The van der Waals surface area contributed by atoms with E-state index in [9.17, 15) is 0 Å². The maximum atomic E-state index is 9.01. The molecule has 0 aliphatic heterocycles. The molecule has 1 aromatic heterocycles. The van der Waals surface area contributed by atoms with Gasteiger partial charge in [0.25, 0.3) is 0 Å². The third kappa shape index (κ3) is 2.99. The Bertz CT molecular complexity index is 502. The molecule has 0 aliphatic carbocycles. The summed E-state index contributed by atoms with van der Waals surface area (Å²) in [4.78, 5) is 5.24. The van der Waals surface area contributed by atoms with Crippen LogP contribution in [0.2, 0.25) is 0 Å². The van der Waals surface area contributed by atoms with Crippen molar-refractivity contribution in [2.45, 2.75) is 11.5 Å². The zero-order valence-corrected chi connectivity index (χ0v) is 10.3. The summed E-state index contributed by atoms with van der Waals surface area (Å²) < 4.78 is 5.70. The largest absolute Gasteiger partial charge is 0.438 e. The minimum Gasteiger partial charge on any atom is -0.438 e. The summed E-state index contributed by atoms with van der Waals surface area (Å²) in [5.41, 5.74) is 0.601. The molecule has 0 saturated carbocycles. The third-order valence-electron chi connectivity index (χ3n) is 2.23. The van der Waals surface area contributed by atoms with Crippen molar-refractivity contribution in [1.82, 2.24) is 4.98 Å². The van der Waals surface area contributed by atoms with E-state index in [1.54, 1.807) is 23.9 Å². The van der Waals surface area contributed by atoms with Gasteiger partial charge in [-0.3, -0.25) is 0 Å². The molecule has 0 aliphatic rings. The molecule has 4 heteroatoms. The number of rotatable bonds is 4. The molecule has 2 rings (SSSR count). The first-order valence-electron chi connectivity index (χ1n) is 5.21. The fourth-order valence-corrected chi connectivity index (χ4v) is 1.94. The molecular weight excluding hydrogens is 234 g/mol. The summed E-state index contributed by atoms with van der Waals surface area (Å²) in [5.74, 6) is 1.28. The SMILES string of the molecule is CSc1ccccc1Oc1cccc(CO)n1. The van der Waals surface area contributed by atoms with Crippen LogP contribution in [0.15, 0.2) is 47.4 Å². The van der Waals surface area contributed by atoms with E-state index in [4.69, 9.17) is 9.84 Å². The van der Waals surface area contributed by atoms with Crippen LogP contribution in [0, 0.1) is 0 Å². The highest BCUT2D eigenvalue weighted by Crippen LogP contribution is 2.30. The van der Waals surface area contributed by atoms with Gasteiger partial charge in [-0.1, -0.05) is 18.2 Å². The van der Waals surface area contributed by atoms with Gasteiger partial charge >= 0.3 is 0 Å². The van der Waals surface area contributed by atoms with Crippen molar-refractivity contribution in [3.8, 4) is 11.6 Å². The van der Waals surface area contributed by atoms with Crippen molar-refractivity contribution in [3.05, 3.63) is 48.2 Å². The Morgan fingerprint density at radius 2 is 2.00 bits per heavy atom. The predicted molar refractivity (Wildman–Crippen MR) is 68.5 cm³/mol. The van der Waals surface area contributed by atoms with Crippen LogP contribution >= 0.6 is 11.8 Å². The lowest BCUT2D eigenvalue weighted by Gasteiger charge is -2.08. The maximum absolute atomic E-state index is 9.01. The van der Waals surface area contributed by atoms with Crippen molar-refractivity contribution < 1.29 is 9.84 Å². The highest BCUT2D eigenvalue weighted by atomic mass is 32.2. The molecule has 1 heterocycles. The summed E-state index contributed by atoms with van der Waals surface area (Å²) >= 11 is 1.62. The average Bonchev–Trinajstić information content (AvgIpc) is 2.39. The van der Waals surface area contributed by atoms with E-state index in [0.29, 0.717) is 11.6 Å². The summed E-state index contributed by atoms with van der Waals surface area (Å²) in [6.45, 7) is -0.0820. The molecule has 0 spiro atoms. The number of aliphatic hydroxyl groups is 1. The molecule has 2 aromatic rings. The van der Waals surface area contributed by atoms with E-state index in [2.05, 4.69) is 4.98 Å². The average molecular weight is 247 g/mol. The van der Waals surface area contributed by atoms with E-state index >= 15 is 0 Å². The molecule has 0 amide bonds. The zero-order chi connectivity index (χ0) is 12.1. The smallest absolute Gasteiger partial charge is 0.219 e. The Balaban J connectivity index is 2.24. The second-order valence-electron chi connectivity index (χ2n) is 3.38. The molecular formula is C13H13NO2S. The topological polar surface area (TPSA) is 42.4 Å². The van der Waals surface area contributed by atoms with Gasteiger partial charge in [-0.05, 0) is 24.5 Å². The molecule has 3 nitrogen and oxygen atoms in total. The van der Waals surface area contributed by atoms with Crippen molar-refractivity contribution in [2.24, 2.45) is 0 Å². The van der Waals surface area contributed by atoms with Crippen LogP contribution in [-0.4, -0.2) is 16.3 Å². The zero-order valence-electron chi connectivity index (χ0n) is 9.46. The second-order valence-corrected chi connectivity index (χ2v) is 4.23. The molecule has 17 heavy (non-hydrogen) atoms. The van der Waals surface area contributed by atoms with E-state index in [1.807, 2.05) is 36.6 Å². The molecule has 1 aromatic carbocycles. The van der Waals surface area contributed by atoms with Gasteiger partial charge in [-0.25, -0.2) is 4.98 Å². The quantitative estimate of drug-likeness (QED) is 0.843. The van der Waals surface area contributed by atoms with Crippen molar-refractivity contribution in [2.75, 3.05) is 6.26 Å². The first-order valence-corrected chi connectivity index (χ1v) is 6.43. The fourth-order valence-electron chi connectivity index (χ4n) is 1.42. The number of nitrogens with zero attached hydrogens (tertiary/aromatic N) is 1. The number of thioether (sulfide) groups is 1. The Hall–Kier alpha value is -1.52. The van der Waals surface area contributed by atoms with Gasteiger partial charge < -0.3 is 9.84 Å². The lowest BCUT2D eigenvalue weighted by molar-refractivity contribution is 0.275. The Labute approximate surface area is 104 Å². The summed E-state index contributed by atoms with van der Waals surface area (Å²) in [6.07, 6.45) is 2.00. The second kappa shape index (κ2) is 5.70. The molecule has 0 unspecified atom stereocenters. The number of aliphatic hydroxyl groups excluding tert-OH is 1. The highest BCUT2D eigenvalue weighted by Gasteiger charge is 2.04. The minimum atomic E-state index is -0.0820. The van der Waals surface area contributed by atoms with Crippen molar-refractivity contribution in [3.63, 3.8) is 0 Å². The Kier molecular flexibility index (Phi) is 4.01. The molecule has 1 N–H and O–H groups in total. The number of hydrogen-bond acceptors (Lipinski definition) is 4. The molecule has 0 atom stereocenters. The number of aromatic nitrogens is 1. The van der Waals surface area contributed by atoms with Gasteiger partial charge in [-0.15, -0.1) is 11.8 Å². The molecule has 0 fully saturated rings. The first-order chi connectivity index (χ1) is 8.33. The van der Waals surface area contributed by atoms with E-state index in [0.717, 1.165) is 10.6 Å². The Morgan fingerprint density at radius 3 is 2.76 bits per heavy atom. The summed E-state index contributed by atoms with van der Waals surface area (Å²) in [6, 6.07) is 13.1. The molecule has 88 valence electrons. The van der Waals surface area contributed by atoms with Crippen LogP contribution in [0.3, 0.4) is 0 Å². The van der Waals surface area contributed by atoms with Gasteiger partial charge in [0.05, 0.1) is 12.3 Å². The van der Waals surface area contributed by atoms with Gasteiger partial charge in [0, 0.05) is 11.0 Å². The number of pyridine rings is 1. The normalized spacial score (nSPS) is 10.2. The molecule has 0 saturated heterocycles. The van der Waals surface area contributed by atoms with Crippen LogP contribution < -0.4 is 4.74 Å². The van der Waals surface area contributed by atoms with Crippen LogP contribution in [0.1, 0.15) is 5.69 Å². The van der Waals surface area contributed by atoms with Crippen molar-refractivity contribution in [1.29, 1.82) is 0 Å². The monoisotopic (exact) mass is 247 g/mol. The first kappa shape index (κ1) is 12.0. The predicted octanol–water partition coefficient (Wildman–Crippen LogP) is 3.09. The minimum absolute atomic E-state index is 0.0820. The highest BCUT2D eigenvalue weighted by molar-refractivity contribution is 7.98. The van der Waals surface area contributed by atoms with Gasteiger partial charge in [0.1, 0.15) is 5.75 Å². The van der Waals surface area contributed by atoms with Crippen LogP contribution in [0.5, 0.6) is 11.6 Å². The van der Waals surface area contributed by atoms with E-state index in [-0.39, 0.29) is 6.61 Å². The van der Waals surface area contributed by atoms with Crippen LogP contribution in [0.4, 0.5) is 0 Å². The third-order valence-corrected chi connectivity index (χ3v) is 3.00. The Morgan fingerprint density at radius 1 is 1.18 bits per heavy atom. The summed E-state index contributed by atoms with van der Waals surface area (Å²) in [7, 11) is 0. The van der Waals surface area contributed by atoms with Gasteiger partial charge in [0.15, 0.2) is 0 Å². The van der Waals surface area contributed by atoms with Crippen LogP contribution in [-0.2, 0) is 6.61 Å². The van der Waals surface area contributed by atoms with Gasteiger partial charge in [0.2, 0.25) is 5.88 Å². The van der Waals surface area contributed by atoms with E-state index in [1.165, 1.54) is 0 Å². The van der Waals surface area contributed by atoms with Crippen LogP contribution in [0.25, 0.3) is 0 Å². The standard InChI is InChI=1S/C13H13NO2S/c1-17-12-7-3-2-6-11(12)16-13-8-4-5-10(9-15)14-13/h2-8,15H,9H2,1H3. The maximum Gasteiger partial charge on any atom is 0.219 e. The lowest BCUT2D eigenvalue weighted by Crippen LogP contribution is -1.93. The molecule has 0 radical (unpaired) electrons. The van der Waals surface area contributed by atoms with E-state index < -0.39 is 0 Å². The summed E-state index contributed by atoms with van der Waals surface area (Å²) in [5, 5.41) is 9.01.